The van der Waals surface area contributed by atoms with E-state index in [1.54, 1.807) is 0 Å². The summed E-state index contributed by atoms with van der Waals surface area (Å²) in [5, 5.41) is 0. The zero-order valence-electron chi connectivity index (χ0n) is 11.6. The predicted molar refractivity (Wildman–Crippen MR) is 74.5 cm³/mol. The van der Waals surface area contributed by atoms with Gasteiger partial charge in [-0.15, -0.1) is 0 Å². The van der Waals surface area contributed by atoms with Gasteiger partial charge in [-0.25, -0.2) is 0 Å². The molecule has 4 nitrogen and oxygen atoms in total. The Hall–Kier alpha value is -1.39. The van der Waals surface area contributed by atoms with Crippen LogP contribution in [0, 0.1) is 0 Å². The Morgan fingerprint density at radius 3 is 2.79 bits per heavy atom. The smallest absolute Gasteiger partial charge is 0.307 e. The number of rotatable bonds is 4. The van der Waals surface area contributed by atoms with Crippen LogP contribution in [0.15, 0.2) is 30.3 Å². The van der Waals surface area contributed by atoms with E-state index in [0.717, 1.165) is 19.5 Å². The van der Waals surface area contributed by atoms with Gasteiger partial charge >= 0.3 is 5.97 Å². The molecule has 0 bridgehead atoms. The SMILES string of the molecule is COC(=O)CC1(N)CC(C)N(Cc2ccccc2)C1. The number of carbonyl (C=O) groups is 1. The summed E-state index contributed by atoms with van der Waals surface area (Å²) in [4.78, 5) is 13.8. The molecule has 1 aliphatic rings. The largest absolute Gasteiger partial charge is 0.469 e. The van der Waals surface area contributed by atoms with Gasteiger partial charge in [0.15, 0.2) is 0 Å². The molecule has 19 heavy (non-hydrogen) atoms. The van der Waals surface area contributed by atoms with Crippen LogP contribution in [0.4, 0.5) is 0 Å². The Balaban J connectivity index is 1.99. The molecule has 1 heterocycles. The third-order valence-electron chi connectivity index (χ3n) is 3.80. The molecular weight excluding hydrogens is 240 g/mol. The van der Waals surface area contributed by atoms with Crippen LogP contribution in [0.2, 0.25) is 0 Å². The van der Waals surface area contributed by atoms with E-state index < -0.39 is 5.54 Å². The quantitative estimate of drug-likeness (QED) is 0.836. The van der Waals surface area contributed by atoms with Crippen LogP contribution in [0.25, 0.3) is 0 Å². The Kier molecular flexibility index (Phi) is 4.22. The Morgan fingerprint density at radius 1 is 1.47 bits per heavy atom. The molecular formula is C15H22N2O2. The molecule has 0 spiro atoms. The molecule has 2 rings (SSSR count). The van der Waals surface area contributed by atoms with Crippen LogP contribution in [-0.2, 0) is 16.1 Å². The lowest BCUT2D eigenvalue weighted by Gasteiger charge is -2.23. The first-order valence-electron chi connectivity index (χ1n) is 6.66. The van der Waals surface area contributed by atoms with Gasteiger partial charge < -0.3 is 10.5 Å². The summed E-state index contributed by atoms with van der Waals surface area (Å²) in [6.45, 7) is 3.77. The molecule has 0 amide bonds. The lowest BCUT2D eigenvalue weighted by Crippen LogP contribution is -2.44. The lowest BCUT2D eigenvalue weighted by atomic mass is 9.94. The van der Waals surface area contributed by atoms with Crippen molar-refractivity contribution < 1.29 is 9.53 Å². The van der Waals surface area contributed by atoms with Crippen molar-refractivity contribution in [3.8, 4) is 0 Å². The van der Waals surface area contributed by atoms with Crippen molar-refractivity contribution in [3.63, 3.8) is 0 Å². The van der Waals surface area contributed by atoms with E-state index in [0.29, 0.717) is 12.5 Å². The normalized spacial score (nSPS) is 27.4. The first-order valence-corrected chi connectivity index (χ1v) is 6.66. The Bertz CT molecular complexity index is 435. The van der Waals surface area contributed by atoms with Crippen molar-refractivity contribution in [3.05, 3.63) is 35.9 Å². The van der Waals surface area contributed by atoms with Gasteiger partial charge in [0.2, 0.25) is 0 Å². The van der Waals surface area contributed by atoms with Gasteiger partial charge in [0.1, 0.15) is 0 Å². The lowest BCUT2D eigenvalue weighted by molar-refractivity contribution is -0.141. The highest BCUT2D eigenvalue weighted by Gasteiger charge is 2.40. The third kappa shape index (κ3) is 3.55. The second kappa shape index (κ2) is 5.72. The summed E-state index contributed by atoms with van der Waals surface area (Å²) in [6.07, 6.45) is 1.12. The monoisotopic (exact) mass is 262 g/mol. The zero-order chi connectivity index (χ0) is 13.9. The number of nitrogens with two attached hydrogens (primary N) is 1. The molecule has 1 aromatic rings. The number of carbonyl (C=O) groups excluding carboxylic acids is 1. The van der Waals surface area contributed by atoms with E-state index in [1.165, 1.54) is 12.7 Å². The Labute approximate surface area is 114 Å². The standard InChI is InChI=1S/C15H22N2O2/c1-12-8-15(16,9-14(18)19-2)11-17(12)10-13-6-4-3-5-7-13/h3-7,12H,8-11,16H2,1-2H3. The van der Waals surface area contributed by atoms with Gasteiger partial charge in [-0.2, -0.15) is 0 Å². The van der Waals surface area contributed by atoms with E-state index in [2.05, 4.69) is 24.0 Å². The number of ether oxygens (including phenoxy) is 1. The minimum atomic E-state index is -0.457. The van der Waals surface area contributed by atoms with Gasteiger partial charge in [-0.3, -0.25) is 9.69 Å². The number of hydrogen-bond acceptors (Lipinski definition) is 4. The summed E-state index contributed by atoms with van der Waals surface area (Å²) in [6, 6.07) is 10.7. The molecule has 4 heteroatoms. The van der Waals surface area contributed by atoms with E-state index >= 15 is 0 Å². The van der Waals surface area contributed by atoms with Crippen molar-refractivity contribution in [1.82, 2.24) is 4.90 Å². The summed E-state index contributed by atoms with van der Waals surface area (Å²) in [5.41, 5.74) is 7.15. The summed E-state index contributed by atoms with van der Waals surface area (Å²) in [7, 11) is 1.41. The molecule has 0 aliphatic carbocycles. The van der Waals surface area contributed by atoms with Crippen LogP contribution >= 0.6 is 0 Å². The maximum Gasteiger partial charge on any atom is 0.307 e. The maximum absolute atomic E-state index is 11.4. The Morgan fingerprint density at radius 2 is 2.16 bits per heavy atom. The van der Waals surface area contributed by atoms with Crippen molar-refractivity contribution in [2.24, 2.45) is 5.73 Å². The molecule has 0 aromatic heterocycles. The highest BCUT2D eigenvalue weighted by atomic mass is 16.5. The topological polar surface area (TPSA) is 55.6 Å². The fraction of sp³-hybridized carbons (Fsp3) is 0.533. The zero-order valence-corrected chi connectivity index (χ0v) is 11.6. The first kappa shape index (κ1) is 14.0. The minimum absolute atomic E-state index is 0.226. The van der Waals surface area contributed by atoms with Gasteiger partial charge in [-0.1, -0.05) is 30.3 Å². The summed E-state index contributed by atoms with van der Waals surface area (Å²) < 4.78 is 4.73. The van der Waals surface area contributed by atoms with Crippen molar-refractivity contribution in [1.29, 1.82) is 0 Å². The van der Waals surface area contributed by atoms with Crippen molar-refractivity contribution in [2.45, 2.75) is 37.9 Å². The van der Waals surface area contributed by atoms with E-state index in [9.17, 15) is 4.79 Å². The molecule has 1 saturated heterocycles. The van der Waals surface area contributed by atoms with E-state index in [-0.39, 0.29) is 5.97 Å². The van der Waals surface area contributed by atoms with Crippen LogP contribution in [-0.4, -0.2) is 36.1 Å². The van der Waals surface area contributed by atoms with Crippen molar-refractivity contribution >= 4 is 5.97 Å². The molecule has 1 aliphatic heterocycles. The fourth-order valence-corrected chi connectivity index (χ4v) is 2.86. The van der Waals surface area contributed by atoms with E-state index in [4.69, 9.17) is 10.5 Å². The third-order valence-corrected chi connectivity index (χ3v) is 3.80. The second-order valence-corrected chi connectivity index (χ2v) is 5.56. The first-order chi connectivity index (χ1) is 9.02. The highest BCUT2D eigenvalue weighted by Crippen LogP contribution is 2.29. The van der Waals surface area contributed by atoms with Crippen LogP contribution in [0.1, 0.15) is 25.3 Å². The number of nitrogens with zero attached hydrogens (tertiary/aromatic N) is 1. The average molecular weight is 262 g/mol. The molecule has 1 fully saturated rings. The average Bonchev–Trinajstić information content (AvgIpc) is 2.65. The predicted octanol–water partition coefficient (Wildman–Crippen LogP) is 1.54. The second-order valence-electron chi connectivity index (χ2n) is 5.56. The molecule has 0 radical (unpaired) electrons. The van der Waals surface area contributed by atoms with Gasteiger partial charge in [0.05, 0.1) is 13.5 Å². The molecule has 2 atom stereocenters. The van der Waals surface area contributed by atoms with E-state index in [1.807, 2.05) is 18.2 Å². The molecule has 1 aromatic carbocycles. The number of esters is 1. The number of benzene rings is 1. The molecule has 104 valence electrons. The van der Waals surface area contributed by atoms with Crippen LogP contribution < -0.4 is 5.73 Å². The maximum atomic E-state index is 11.4. The summed E-state index contributed by atoms with van der Waals surface area (Å²) >= 11 is 0. The van der Waals surface area contributed by atoms with Crippen LogP contribution in [0.5, 0.6) is 0 Å². The van der Waals surface area contributed by atoms with Crippen LogP contribution in [0.3, 0.4) is 0 Å². The van der Waals surface area contributed by atoms with Gasteiger partial charge in [0.25, 0.3) is 0 Å². The number of likely N-dealkylation sites (tertiary alicyclic amines) is 1. The minimum Gasteiger partial charge on any atom is -0.469 e. The summed E-state index contributed by atoms with van der Waals surface area (Å²) in [5.74, 6) is -0.226. The van der Waals surface area contributed by atoms with Gasteiger partial charge in [-0.05, 0) is 18.9 Å². The number of methoxy groups -OCH3 is 1. The fourth-order valence-electron chi connectivity index (χ4n) is 2.86. The molecule has 2 N–H and O–H groups in total. The van der Waals surface area contributed by atoms with Gasteiger partial charge in [0, 0.05) is 24.7 Å². The molecule has 2 unspecified atom stereocenters. The number of hydrogen-bond donors (Lipinski definition) is 1. The molecule has 0 saturated carbocycles. The van der Waals surface area contributed by atoms with Crippen molar-refractivity contribution in [2.75, 3.05) is 13.7 Å². The highest BCUT2D eigenvalue weighted by molar-refractivity contribution is 5.70.